The zero-order valence-corrected chi connectivity index (χ0v) is 16.4. The van der Waals surface area contributed by atoms with E-state index in [1.165, 1.54) is 11.3 Å². The average molecular weight is 405 g/mol. The van der Waals surface area contributed by atoms with Crippen molar-refractivity contribution in [2.45, 2.75) is 6.54 Å². The molecular weight excluding hydrogens is 386 g/mol. The van der Waals surface area contributed by atoms with Crippen LogP contribution in [0.2, 0.25) is 0 Å². The number of thiophene rings is 1. The summed E-state index contributed by atoms with van der Waals surface area (Å²) in [6.45, 7) is 1.70. The number of ether oxygens (including phenoxy) is 1. The minimum atomic E-state index is -0.346. The number of fused-ring (bicyclic) bond motifs is 2. The number of nitrogens with two attached hydrogens (primary N) is 2. The fraction of sp³-hybridized carbons (Fsp3) is 0.143. The van der Waals surface area contributed by atoms with Crippen molar-refractivity contribution in [2.24, 2.45) is 5.73 Å². The Hall–Kier alpha value is -3.36. The van der Waals surface area contributed by atoms with E-state index in [1.54, 1.807) is 4.57 Å². The van der Waals surface area contributed by atoms with Gasteiger partial charge in [0.25, 0.3) is 5.56 Å². The minimum Gasteiger partial charge on any atom is -0.490 e. The van der Waals surface area contributed by atoms with E-state index >= 15 is 0 Å². The fourth-order valence-electron chi connectivity index (χ4n) is 3.62. The molecular formula is C21H19N5O2S. The van der Waals surface area contributed by atoms with Gasteiger partial charge in [-0.3, -0.25) is 9.36 Å². The van der Waals surface area contributed by atoms with Gasteiger partial charge in [-0.2, -0.15) is 0 Å². The van der Waals surface area contributed by atoms with Crippen molar-refractivity contribution < 1.29 is 4.74 Å². The number of nitrogen functional groups attached to an aromatic ring is 1. The summed E-state index contributed by atoms with van der Waals surface area (Å²) in [6, 6.07) is 17.7. The highest BCUT2D eigenvalue weighted by molar-refractivity contribution is 7.18. The number of anilines is 3. The molecule has 0 saturated carbocycles. The van der Waals surface area contributed by atoms with Crippen molar-refractivity contribution in [3.63, 3.8) is 0 Å². The number of hydrogen-bond donors (Lipinski definition) is 2. The van der Waals surface area contributed by atoms with Crippen LogP contribution in [0.3, 0.4) is 0 Å². The third-order valence-electron chi connectivity index (χ3n) is 4.96. The van der Waals surface area contributed by atoms with Crippen molar-refractivity contribution >= 4 is 38.9 Å². The first-order chi connectivity index (χ1) is 14.2. The molecule has 1 aliphatic heterocycles. The van der Waals surface area contributed by atoms with Crippen LogP contribution >= 0.6 is 11.3 Å². The standard InChI is InChI=1S/C21H19N5O2S/c22-12-15-11-17-20(29-15)24-19(23)21(27)26(17)14-6-7-18-16(10-14)25(8-9-28-18)13-4-2-1-3-5-13/h1-7,10-11H,8-9,12,22H2,(H2,23,24). The van der Waals surface area contributed by atoms with Gasteiger partial charge in [0.2, 0.25) is 0 Å². The van der Waals surface area contributed by atoms with E-state index < -0.39 is 0 Å². The number of nitrogens with zero attached hydrogens (tertiary/aromatic N) is 3. The molecule has 0 saturated heterocycles. The molecule has 8 heteroatoms. The van der Waals surface area contributed by atoms with E-state index in [4.69, 9.17) is 16.2 Å². The van der Waals surface area contributed by atoms with Gasteiger partial charge in [0, 0.05) is 17.1 Å². The maximum absolute atomic E-state index is 12.9. The topological polar surface area (TPSA) is 99.4 Å². The molecule has 0 radical (unpaired) electrons. The van der Waals surface area contributed by atoms with Gasteiger partial charge >= 0.3 is 0 Å². The predicted molar refractivity (Wildman–Crippen MR) is 116 cm³/mol. The van der Waals surface area contributed by atoms with E-state index in [2.05, 4.69) is 22.0 Å². The van der Waals surface area contributed by atoms with E-state index in [0.717, 1.165) is 28.5 Å². The quantitative estimate of drug-likeness (QED) is 0.544. The third kappa shape index (κ3) is 2.93. The van der Waals surface area contributed by atoms with Crippen LogP contribution in [0, 0.1) is 0 Å². The first kappa shape index (κ1) is 17.7. The second-order valence-electron chi connectivity index (χ2n) is 6.73. The molecule has 146 valence electrons. The van der Waals surface area contributed by atoms with Crippen LogP contribution in [-0.2, 0) is 6.54 Å². The molecule has 5 rings (SSSR count). The van der Waals surface area contributed by atoms with Crippen molar-refractivity contribution in [3.8, 4) is 11.4 Å². The van der Waals surface area contributed by atoms with E-state index in [9.17, 15) is 4.79 Å². The molecule has 2 aromatic carbocycles. The second-order valence-corrected chi connectivity index (χ2v) is 7.85. The molecule has 0 spiro atoms. The van der Waals surface area contributed by atoms with Crippen LogP contribution in [-0.4, -0.2) is 22.7 Å². The molecule has 7 nitrogen and oxygen atoms in total. The summed E-state index contributed by atoms with van der Waals surface area (Å²) in [7, 11) is 0. The highest BCUT2D eigenvalue weighted by Crippen LogP contribution is 2.38. The van der Waals surface area contributed by atoms with E-state index in [-0.39, 0.29) is 11.4 Å². The van der Waals surface area contributed by atoms with Gasteiger partial charge < -0.3 is 21.1 Å². The summed E-state index contributed by atoms with van der Waals surface area (Å²) in [4.78, 5) is 21.0. The lowest BCUT2D eigenvalue weighted by Gasteiger charge is -2.31. The molecule has 29 heavy (non-hydrogen) atoms. The van der Waals surface area contributed by atoms with Crippen LogP contribution in [0.25, 0.3) is 16.0 Å². The summed E-state index contributed by atoms with van der Waals surface area (Å²) in [6.07, 6.45) is 0. The molecule has 0 amide bonds. The van der Waals surface area contributed by atoms with Gasteiger partial charge in [0.05, 0.1) is 23.4 Å². The first-order valence-electron chi connectivity index (χ1n) is 9.26. The number of rotatable bonds is 3. The first-order valence-corrected chi connectivity index (χ1v) is 10.1. The Balaban J connectivity index is 1.72. The lowest BCUT2D eigenvalue weighted by molar-refractivity contribution is 0.314. The molecule has 0 fully saturated rings. The average Bonchev–Trinajstić information content (AvgIpc) is 3.17. The zero-order valence-electron chi connectivity index (χ0n) is 15.5. The molecule has 0 unspecified atom stereocenters. The third-order valence-corrected chi connectivity index (χ3v) is 6.00. The zero-order chi connectivity index (χ0) is 20.0. The van der Waals surface area contributed by atoms with Crippen LogP contribution in [0.1, 0.15) is 4.88 Å². The minimum absolute atomic E-state index is 0.0307. The van der Waals surface area contributed by atoms with Crippen LogP contribution in [0.5, 0.6) is 5.75 Å². The summed E-state index contributed by atoms with van der Waals surface area (Å²) in [5.74, 6) is 0.750. The van der Waals surface area contributed by atoms with Crippen molar-refractivity contribution in [1.29, 1.82) is 0 Å². The van der Waals surface area contributed by atoms with Crippen molar-refractivity contribution in [3.05, 3.63) is 69.8 Å². The van der Waals surface area contributed by atoms with Crippen LogP contribution in [0.15, 0.2) is 59.4 Å². The van der Waals surface area contributed by atoms with Gasteiger partial charge in [-0.05, 0) is 36.4 Å². The highest BCUT2D eigenvalue weighted by Gasteiger charge is 2.22. The summed E-state index contributed by atoms with van der Waals surface area (Å²) in [5, 5.41) is 0. The van der Waals surface area contributed by atoms with Crippen molar-refractivity contribution in [1.82, 2.24) is 9.55 Å². The molecule has 0 atom stereocenters. The SMILES string of the molecule is NCc1cc2c(nc(N)c(=O)n2-c2ccc3c(c2)N(c2ccccc2)CCO3)s1. The van der Waals surface area contributed by atoms with Gasteiger partial charge in [-0.1, -0.05) is 18.2 Å². The summed E-state index contributed by atoms with van der Waals surface area (Å²) < 4.78 is 7.45. The summed E-state index contributed by atoms with van der Waals surface area (Å²) in [5.41, 5.74) is 14.8. The Bertz CT molecular complexity index is 1270. The van der Waals surface area contributed by atoms with Crippen molar-refractivity contribution in [2.75, 3.05) is 23.8 Å². The molecule has 2 aromatic heterocycles. The monoisotopic (exact) mass is 405 g/mol. The molecule has 3 heterocycles. The Morgan fingerprint density at radius 2 is 1.93 bits per heavy atom. The Labute approximate surface area is 170 Å². The van der Waals surface area contributed by atoms with Gasteiger partial charge in [-0.25, -0.2) is 4.98 Å². The molecule has 0 bridgehead atoms. The van der Waals surface area contributed by atoms with Crippen LogP contribution in [0.4, 0.5) is 17.2 Å². The van der Waals surface area contributed by atoms with E-state index in [0.29, 0.717) is 29.2 Å². The molecule has 1 aliphatic rings. The van der Waals surface area contributed by atoms with Crippen LogP contribution < -0.4 is 26.7 Å². The number of aromatic nitrogens is 2. The largest absolute Gasteiger partial charge is 0.490 e. The Morgan fingerprint density at radius 1 is 1.10 bits per heavy atom. The fourth-order valence-corrected chi connectivity index (χ4v) is 4.52. The number of benzene rings is 2. The lowest BCUT2D eigenvalue weighted by atomic mass is 10.1. The normalized spacial score (nSPS) is 13.3. The van der Waals surface area contributed by atoms with Gasteiger partial charge in [0.1, 0.15) is 17.2 Å². The number of hydrogen-bond acceptors (Lipinski definition) is 7. The smallest absolute Gasteiger partial charge is 0.298 e. The summed E-state index contributed by atoms with van der Waals surface area (Å²) >= 11 is 1.44. The molecule has 4 aromatic rings. The number of para-hydroxylation sites is 1. The highest BCUT2D eigenvalue weighted by atomic mass is 32.1. The van der Waals surface area contributed by atoms with Gasteiger partial charge in [0.15, 0.2) is 5.82 Å². The lowest BCUT2D eigenvalue weighted by Crippen LogP contribution is -2.29. The Kier molecular flexibility index (Phi) is 4.22. The Morgan fingerprint density at radius 3 is 2.72 bits per heavy atom. The predicted octanol–water partition coefficient (Wildman–Crippen LogP) is 3.02. The molecule has 4 N–H and O–H groups in total. The maximum Gasteiger partial charge on any atom is 0.298 e. The van der Waals surface area contributed by atoms with Gasteiger partial charge in [-0.15, -0.1) is 11.3 Å². The second kappa shape index (κ2) is 6.91. The van der Waals surface area contributed by atoms with E-state index in [1.807, 2.05) is 42.5 Å². The molecule has 0 aliphatic carbocycles. The maximum atomic E-state index is 12.9.